The molecule has 3 aromatic rings. The van der Waals surface area contributed by atoms with Crippen molar-refractivity contribution >= 4 is 0 Å². The van der Waals surface area contributed by atoms with E-state index in [9.17, 15) is 0 Å². The van der Waals surface area contributed by atoms with Crippen LogP contribution in [0.25, 0.3) is 0 Å². The average molecular weight is 311 g/mol. The van der Waals surface area contributed by atoms with Crippen LogP contribution >= 0.6 is 0 Å². The van der Waals surface area contributed by atoms with E-state index < -0.39 is 0 Å². The SMILES string of the molecule is Cc1cnn(CC(C)NCc2nnc(Cc3ccccc3)o2)c1. The molecule has 2 heterocycles. The summed E-state index contributed by atoms with van der Waals surface area (Å²) < 4.78 is 7.62. The van der Waals surface area contributed by atoms with Crippen molar-refractivity contribution < 1.29 is 4.42 Å². The number of benzene rings is 1. The molecule has 6 heteroatoms. The fraction of sp³-hybridized carbons (Fsp3) is 0.353. The Morgan fingerprint density at radius 1 is 1.17 bits per heavy atom. The van der Waals surface area contributed by atoms with Crippen LogP contribution in [-0.2, 0) is 19.5 Å². The van der Waals surface area contributed by atoms with Gasteiger partial charge < -0.3 is 9.73 Å². The highest BCUT2D eigenvalue weighted by Crippen LogP contribution is 2.08. The van der Waals surface area contributed by atoms with Gasteiger partial charge in [-0.25, -0.2) is 0 Å². The van der Waals surface area contributed by atoms with E-state index in [1.807, 2.05) is 42.2 Å². The maximum Gasteiger partial charge on any atom is 0.230 e. The Kier molecular flexibility index (Phi) is 4.83. The van der Waals surface area contributed by atoms with Gasteiger partial charge in [0, 0.05) is 12.2 Å². The van der Waals surface area contributed by atoms with E-state index >= 15 is 0 Å². The van der Waals surface area contributed by atoms with Crippen molar-refractivity contribution in [3.8, 4) is 0 Å². The molecule has 0 bridgehead atoms. The fourth-order valence-corrected chi connectivity index (χ4v) is 2.38. The highest BCUT2D eigenvalue weighted by molar-refractivity contribution is 5.17. The molecule has 23 heavy (non-hydrogen) atoms. The number of hydrogen-bond donors (Lipinski definition) is 1. The first-order valence-electron chi connectivity index (χ1n) is 7.76. The average Bonchev–Trinajstić information content (AvgIpc) is 3.15. The van der Waals surface area contributed by atoms with Gasteiger partial charge in [0.25, 0.3) is 0 Å². The molecule has 0 radical (unpaired) electrons. The lowest BCUT2D eigenvalue weighted by atomic mass is 10.2. The van der Waals surface area contributed by atoms with E-state index in [1.54, 1.807) is 0 Å². The number of aromatic nitrogens is 4. The predicted octanol–water partition coefficient (Wildman–Crippen LogP) is 2.34. The molecule has 0 aliphatic carbocycles. The molecular formula is C17H21N5O. The van der Waals surface area contributed by atoms with Gasteiger partial charge in [-0.2, -0.15) is 5.10 Å². The Hall–Kier alpha value is -2.47. The van der Waals surface area contributed by atoms with Crippen molar-refractivity contribution in [1.82, 2.24) is 25.3 Å². The molecule has 0 saturated heterocycles. The maximum atomic E-state index is 5.69. The zero-order chi connectivity index (χ0) is 16.1. The quantitative estimate of drug-likeness (QED) is 0.725. The van der Waals surface area contributed by atoms with Crippen molar-refractivity contribution in [3.05, 3.63) is 65.6 Å². The monoisotopic (exact) mass is 311 g/mol. The van der Waals surface area contributed by atoms with E-state index in [2.05, 4.69) is 39.7 Å². The molecule has 0 aliphatic heterocycles. The van der Waals surface area contributed by atoms with Gasteiger partial charge in [0.2, 0.25) is 11.8 Å². The number of hydrogen-bond acceptors (Lipinski definition) is 5. The molecule has 0 amide bonds. The molecule has 2 aromatic heterocycles. The second-order valence-electron chi connectivity index (χ2n) is 5.77. The Bertz CT molecular complexity index is 734. The van der Waals surface area contributed by atoms with Crippen LogP contribution in [0.3, 0.4) is 0 Å². The molecule has 1 unspecified atom stereocenters. The van der Waals surface area contributed by atoms with Crippen molar-refractivity contribution in [2.45, 2.75) is 39.4 Å². The Morgan fingerprint density at radius 3 is 2.70 bits per heavy atom. The smallest absolute Gasteiger partial charge is 0.230 e. The van der Waals surface area contributed by atoms with Crippen LogP contribution in [0.2, 0.25) is 0 Å². The second kappa shape index (κ2) is 7.19. The van der Waals surface area contributed by atoms with Gasteiger partial charge in [0.05, 0.1) is 25.7 Å². The van der Waals surface area contributed by atoms with Gasteiger partial charge >= 0.3 is 0 Å². The van der Waals surface area contributed by atoms with Gasteiger partial charge in [0.1, 0.15) is 0 Å². The third-order valence-electron chi connectivity index (χ3n) is 3.53. The Morgan fingerprint density at radius 2 is 1.96 bits per heavy atom. The van der Waals surface area contributed by atoms with Crippen LogP contribution < -0.4 is 5.32 Å². The summed E-state index contributed by atoms with van der Waals surface area (Å²) in [5.74, 6) is 1.25. The van der Waals surface area contributed by atoms with Crippen molar-refractivity contribution in [1.29, 1.82) is 0 Å². The molecule has 1 aromatic carbocycles. The summed E-state index contributed by atoms with van der Waals surface area (Å²) in [5.41, 5.74) is 2.33. The lowest BCUT2D eigenvalue weighted by molar-refractivity contribution is 0.396. The van der Waals surface area contributed by atoms with Gasteiger partial charge in [-0.1, -0.05) is 30.3 Å². The van der Waals surface area contributed by atoms with Crippen molar-refractivity contribution in [2.24, 2.45) is 0 Å². The molecule has 0 fully saturated rings. The molecule has 1 N–H and O–H groups in total. The van der Waals surface area contributed by atoms with Gasteiger partial charge in [-0.15, -0.1) is 10.2 Å². The van der Waals surface area contributed by atoms with Crippen LogP contribution in [0.1, 0.15) is 29.8 Å². The molecule has 6 nitrogen and oxygen atoms in total. The van der Waals surface area contributed by atoms with Crippen LogP contribution in [0, 0.1) is 6.92 Å². The third-order valence-corrected chi connectivity index (χ3v) is 3.53. The summed E-state index contributed by atoms with van der Waals surface area (Å²) >= 11 is 0. The first kappa shape index (κ1) is 15.4. The topological polar surface area (TPSA) is 68.8 Å². The fourth-order valence-electron chi connectivity index (χ4n) is 2.38. The number of nitrogens with one attached hydrogen (secondary N) is 1. The van der Waals surface area contributed by atoms with Crippen molar-refractivity contribution in [2.75, 3.05) is 0 Å². The minimum absolute atomic E-state index is 0.263. The molecule has 0 aliphatic rings. The second-order valence-corrected chi connectivity index (χ2v) is 5.77. The van der Waals surface area contributed by atoms with Crippen LogP contribution in [0.15, 0.2) is 47.1 Å². The first-order chi connectivity index (χ1) is 11.2. The lowest BCUT2D eigenvalue weighted by Gasteiger charge is -2.12. The van der Waals surface area contributed by atoms with Crippen LogP contribution in [0.5, 0.6) is 0 Å². The normalized spacial score (nSPS) is 12.4. The summed E-state index contributed by atoms with van der Waals surface area (Å²) in [6.45, 7) is 5.51. The van der Waals surface area contributed by atoms with Gasteiger partial charge in [-0.3, -0.25) is 4.68 Å². The first-order valence-corrected chi connectivity index (χ1v) is 7.76. The summed E-state index contributed by atoms with van der Waals surface area (Å²) in [6, 6.07) is 10.4. The zero-order valence-electron chi connectivity index (χ0n) is 13.4. The van der Waals surface area contributed by atoms with Gasteiger partial charge in [-0.05, 0) is 25.0 Å². The maximum absolute atomic E-state index is 5.69. The molecule has 3 rings (SSSR count). The Labute approximate surface area is 135 Å². The van der Waals surface area contributed by atoms with E-state index in [1.165, 1.54) is 5.56 Å². The molecule has 120 valence electrons. The summed E-state index contributed by atoms with van der Waals surface area (Å²) in [5, 5.41) is 15.9. The minimum Gasteiger partial charge on any atom is -0.424 e. The minimum atomic E-state index is 0.263. The molecule has 1 atom stereocenters. The number of rotatable bonds is 7. The standard InChI is InChI=1S/C17H21N5O/c1-13-9-19-22(11-13)12-14(2)18-10-17-21-20-16(23-17)8-15-6-4-3-5-7-15/h3-7,9,11,14,18H,8,10,12H2,1-2H3. The van der Waals surface area contributed by atoms with E-state index in [4.69, 9.17) is 4.42 Å². The van der Waals surface area contributed by atoms with E-state index in [0.717, 1.165) is 12.1 Å². The summed E-state index contributed by atoms with van der Waals surface area (Å²) in [4.78, 5) is 0. The molecule has 0 saturated carbocycles. The lowest BCUT2D eigenvalue weighted by Crippen LogP contribution is -2.30. The highest BCUT2D eigenvalue weighted by atomic mass is 16.4. The van der Waals surface area contributed by atoms with E-state index in [-0.39, 0.29) is 6.04 Å². The molecule has 0 spiro atoms. The highest BCUT2D eigenvalue weighted by Gasteiger charge is 2.09. The largest absolute Gasteiger partial charge is 0.424 e. The van der Waals surface area contributed by atoms with Gasteiger partial charge in [0.15, 0.2) is 0 Å². The van der Waals surface area contributed by atoms with E-state index in [0.29, 0.717) is 24.7 Å². The number of aryl methyl sites for hydroxylation is 1. The Balaban J connectivity index is 1.49. The van der Waals surface area contributed by atoms with Crippen molar-refractivity contribution in [3.63, 3.8) is 0 Å². The predicted molar refractivity (Wildman–Crippen MR) is 86.8 cm³/mol. The number of nitrogens with zero attached hydrogens (tertiary/aromatic N) is 4. The third kappa shape index (κ3) is 4.50. The summed E-state index contributed by atoms with van der Waals surface area (Å²) in [6.07, 6.45) is 4.55. The molecular weight excluding hydrogens is 290 g/mol. The van der Waals surface area contributed by atoms with Crippen LogP contribution in [-0.4, -0.2) is 26.0 Å². The van der Waals surface area contributed by atoms with Crippen LogP contribution in [0.4, 0.5) is 0 Å². The zero-order valence-corrected chi connectivity index (χ0v) is 13.4. The summed E-state index contributed by atoms with van der Waals surface area (Å²) in [7, 11) is 0.